The molecule has 1 aliphatic heterocycles. The summed E-state index contributed by atoms with van der Waals surface area (Å²) in [7, 11) is 0. The molecule has 4 nitrogen and oxygen atoms in total. The first-order valence-corrected chi connectivity index (χ1v) is 6.04. The quantitative estimate of drug-likeness (QED) is 0.843. The molecule has 1 fully saturated rings. The Bertz CT molecular complexity index is 462. The number of carbonyl (C=O) groups is 1. The van der Waals surface area contributed by atoms with Gasteiger partial charge in [-0.05, 0) is 19.1 Å². The fourth-order valence-electron chi connectivity index (χ4n) is 2.04. The number of rotatable bonds is 3. The first kappa shape index (κ1) is 13.9. The predicted molar refractivity (Wildman–Crippen MR) is 65.4 cm³/mol. The Labute approximate surface area is 109 Å². The molecule has 1 heterocycles. The van der Waals surface area contributed by atoms with Crippen LogP contribution in [0.4, 0.5) is 14.5 Å². The molecule has 104 valence electrons. The second-order valence-electron chi connectivity index (χ2n) is 4.43. The molecule has 0 aliphatic carbocycles. The van der Waals surface area contributed by atoms with Gasteiger partial charge >= 0.3 is 0 Å². The highest BCUT2D eigenvalue weighted by molar-refractivity contribution is 5.99. The van der Waals surface area contributed by atoms with E-state index >= 15 is 0 Å². The van der Waals surface area contributed by atoms with Gasteiger partial charge in [-0.3, -0.25) is 4.79 Å². The van der Waals surface area contributed by atoms with Gasteiger partial charge in [0.2, 0.25) is 0 Å². The molecule has 2 rings (SSSR count). The van der Waals surface area contributed by atoms with Crippen LogP contribution in [0.25, 0.3) is 0 Å². The van der Waals surface area contributed by atoms with Gasteiger partial charge in [-0.2, -0.15) is 0 Å². The predicted octanol–water partition coefficient (Wildman–Crippen LogP) is 1.36. The number of ether oxygens (including phenoxy) is 1. The van der Waals surface area contributed by atoms with Crippen molar-refractivity contribution in [1.82, 2.24) is 0 Å². The Balaban J connectivity index is 2.34. The van der Waals surface area contributed by atoms with Gasteiger partial charge in [0.1, 0.15) is 23.4 Å². The maximum absolute atomic E-state index is 14.0. The van der Waals surface area contributed by atoms with E-state index in [-0.39, 0.29) is 11.3 Å². The average Bonchev–Trinajstić information content (AvgIpc) is 2.38. The largest absolute Gasteiger partial charge is 0.385 e. The molecule has 1 aromatic carbocycles. The summed E-state index contributed by atoms with van der Waals surface area (Å²) in [4.78, 5) is 13.1. The zero-order valence-electron chi connectivity index (χ0n) is 10.5. The molecule has 0 bridgehead atoms. The van der Waals surface area contributed by atoms with Crippen molar-refractivity contribution in [2.24, 2.45) is 0 Å². The van der Waals surface area contributed by atoms with Crippen LogP contribution in [0, 0.1) is 11.6 Å². The molecule has 1 aliphatic rings. The third kappa shape index (κ3) is 2.90. The van der Waals surface area contributed by atoms with Crippen LogP contribution < -0.4 is 4.90 Å². The van der Waals surface area contributed by atoms with Gasteiger partial charge in [-0.25, -0.2) is 8.78 Å². The molecule has 0 radical (unpaired) electrons. The van der Waals surface area contributed by atoms with E-state index in [1.165, 1.54) is 6.92 Å². The number of Topliss-reactive ketones (excluding diaryl/α,β-unsaturated/α-hetero) is 1. The van der Waals surface area contributed by atoms with Crippen LogP contribution in [0.2, 0.25) is 0 Å². The van der Waals surface area contributed by atoms with Crippen LogP contribution in [-0.2, 0) is 4.74 Å². The van der Waals surface area contributed by atoms with Crippen molar-refractivity contribution in [2.75, 3.05) is 31.2 Å². The fraction of sp³-hybridized carbons (Fsp3) is 0.462. The van der Waals surface area contributed by atoms with Crippen LogP contribution in [0.5, 0.6) is 0 Å². The number of nitrogens with zero attached hydrogens (tertiary/aromatic N) is 1. The molecule has 0 amide bonds. The molecule has 1 aromatic rings. The molecule has 1 N–H and O–H groups in total. The fourth-order valence-corrected chi connectivity index (χ4v) is 2.04. The van der Waals surface area contributed by atoms with Crippen LogP contribution in [0.15, 0.2) is 12.1 Å². The van der Waals surface area contributed by atoms with Crippen molar-refractivity contribution in [3.05, 3.63) is 29.3 Å². The summed E-state index contributed by atoms with van der Waals surface area (Å²) >= 11 is 0. The number of aliphatic hydroxyl groups is 1. The molecule has 0 aromatic heterocycles. The van der Waals surface area contributed by atoms with Crippen LogP contribution in [0.3, 0.4) is 0 Å². The van der Waals surface area contributed by atoms with Gasteiger partial charge in [0.25, 0.3) is 0 Å². The number of anilines is 1. The number of halogens is 2. The summed E-state index contributed by atoms with van der Waals surface area (Å²) in [5.74, 6) is -2.30. The molecule has 19 heavy (non-hydrogen) atoms. The third-order valence-electron chi connectivity index (χ3n) is 3.01. The van der Waals surface area contributed by atoms with E-state index < -0.39 is 23.5 Å². The number of hydrogen-bond donors (Lipinski definition) is 1. The van der Waals surface area contributed by atoms with Crippen LogP contribution in [-0.4, -0.2) is 43.3 Å². The van der Waals surface area contributed by atoms with E-state index in [9.17, 15) is 13.6 Å². The van der Waals surface area contributed by atoms with Crippen molar-refractivity contribution < 1.29 is 23.4 Å². The Morgan fingerprint density at radius 3 is 2.32 bits per heavy atom. The van der Waals surface area contributed by atoms with Crippen LogP contribution in [0.1, 0.15) is 17.3 Å². The average molecular weight is 271 g/mol. The Hall–Kier alpha value is -1.53. The normalized spacial score (nSPS) is 17.4. The first-order chi connectivity index (χ1) is 9.00. The lowest BCUT2D eigenvalue weighted by atomic mass is 10.1. The lowest BCUT2D eigenvalue weighted by Gasteiger charge is -2.29. The van der Waals surface area contributed by atoms with Crippen molar-refractivity contribution in [2.45, 2.75) is 13.0 Å². The monoisotopic (exact) mass is 271 g/mol. The zero-order chi connectivity index (χ0) is 14.0. The Morgan fingerprint density at radius 1 is 1.32 bits per heavy atom. The zero-order valence-corrected chi connectivity index (χ0v) is 10.5. The third-order valence-corrected chi connectivity index (χ3v) is 3.01. The molecule has 0 spiro atoms. The van der Waals surface area contributed by atoms with Gasteiger partial charge in [0.15, 0.2) is 5.78 Å². The number of aliphatic hydroxyl groups excluding tert-OH is 1. The molecule has 0 saturated carbocycles. The van der Waals surface area contributed by atoms with E-state index in [0.29, 0.717) is 26.3 Å². The second-order valence-corrected chi connectivity index (χ2v) is 4.43. The Kier molecular flexibility index (Phi) is 4.11. The maximum atomic E-state index is 14.0. The number of benzene rings is 1. The lowest BCUT2D eigenvalue weighted by Crippen LogP contribution is -2.37. The smallest absolute Gasteiger partial charge is 0.191 e. The number of hydrogen-bond acceptors (Lipinski definition) is 4. The lowest BCUT2D eigenvalue weighted by molar-refractivity contribution is 0.0778. The Morgan fingerprint density at radius 2 is 1.84 bits per heavy atom. The molecular formula is C13H15F2NO3. The molecule has 1 atom stereocenters. The molecular weight excluding hydrogens is 256 g/mol. The summed E-state index contributed by atoms with van der Waals surface area (Å²) in [6.07, 6.45) is -1.28. The van der Waals surface area contributed by atoms with E-state index in [4.69, 9.17) is 9.84 Å². The first-order valence-electron chi connectivity index (χ1n) is 6.04. The SMILES string of the molecule is CC(O)C(=O)c1cc(F)c(N2CCOCC2)c(F)c1. The van der Waals surface area contributed by atoms with Crippen molar-refractivity contribution in [3.8, 4) is 0 Å². The number of morpholine rings is 1. The highest BCUT2D eigenvalue weighted by Crippen LogP contribution is 2.26. The minimum atomic E-state index is -1.28. The van der Waals surface area contributed by atoms with E-state index in [1.807, 2.05) is 0 Å². The minimum absolute atomic E-state index is 0.148. The van der Waals surface area contributed by atoms with Gasteiger partial charge in [0.05, 0.1) is 13.2 Å². The summed E-state index contributed by atoms with van der Waals surface area (Å²) < 4.78 is 33.0. The highest BCUT2D eigenvalue weighted by Gasteiger charge is 2.22. The second kappa shape index (κ2) is 5.63. The van der Waals surface area contributed by atoms with Crippen molar-refractivity contribution in [1.29, 1.82) is 0 Å². The number of ketones is 1. The highest BCUT2D eigenvalue weighted by atomic mass is 19.1. The number of carbonyl (C=O) groups excluding carboxylic acids is 1. The van der Waals surface area contributed by atoms with E-state index in [0.717, 1.165) is 12.1 Å². The summed E-state index contributed by atoms with van der Waals surface area (Å²) in [6.45, 7) is 2.88. The summed E-state index contributed by atoms with van der Waals surface area (Å²) in [5, 5.41) is 9.15. The molecule has 1 unspecified atom stereocenters. The topological polar surface area (TPSA) is 49.8 Å². The maximum Gasteiger partial charge on any atom is 0.191 e. The van der Waals surface area contributed by atoms with Gasteiger partial charge in [0, 0.05) is 18.7 Å². The van der Waals surface area contributed by atoms with Gasteiger partial charge < -0.3 is 14.7 Å². The van der Waals surface area contributed by atoms with E-state index in [1.54, 1.807) is 4.90 Å². The van der Waals surface area contributed by atoms with Crippen LogP contribution >= 0.6 is 0 Å². The minimum Gasteiger partial charge on any atom is -0.385 e. The molecule has 1 saturated heterocycles. The van der Waals surface area contributed by atoms with Crippen molar-refractivity contribution >= 4 is 11.5 Å². The van der Waals surface area contributed by atoms with Gasteiger partial charge in [-0.15, -0.1) is 0 Å². The molecule has 6 heteroatoms. The van der Waals surface area contributed by atoms with Crippen molar-refractivity contribution in [3.63, 3.8) is 0 Å². The van der Waals surface area contributed by atoms with E-state index in [2.05, 4.69) is 0 Å². The summed E-state index contributed by atoms with van der Waals surface area (Å²) in [6, 6.07) is 1.92. The standard InChI is InChI=1S/C13H15F2NO3/c1-8(17)13(18)9-6-10(14)12(11(15)7-9)16-2-4-19-5-3-16/h6-8,17H,2-5H2,1H3. The summed E-state index contributed by atoms with van der Waals surface area (Å²) in [5.41, 5.74) is -0.313. The van der Waals surface area contributed by atoms with Gasteiger partial charge in [-0.1, -0.05) is 0 Å².